The topological polar surface area (TPSA) is 243 Å². The number of carbonyl (C=O) groups is 4. The number of phenolic OH excluding ortho intramolecular Hbond substituents is 8. The molecule has 16 nitrogen and oxygen atoms in total. The van der Waals surface area contributed by atoms with Gasteiger partial charge < -0.3 is 60.5 Å². The summed E-state index contributed by atoms with van der Waals surface area (Å²) < 4.78 is 0. The molecule has 0 saturated heterocycles. The molecule has 1 aliphatic carbocycles. The van der Waals surface area contributed by atoms with E-state index in [4.69, 9.17) is 0 Å². The molecule has 0 aromatic heterocycles. The molecule has 0 spiro atoms. The molecule has 0 atom stereocenters. The van der Waals surface area contributed by atoms with Gasteiger partial charge in [0.15, 0.2) is 0 Å². The van der Waals surface area contributed by atoms with Gasteiger partial charge in [0, 0.05) is 122 Å². The predicted molar refractivity (Wildman–Crippen MR) is 390 cm³/mol. The van der Waals surface area contributed by atoms with Crippen molar-refractivity contribution < 1.29 is 60.0 Å². The van der Waals surface area contributed by atoms with Crippen molar-refractivity contribution in [1.29, 1.82) is 0 Å². The zero-order valence-electron chi connectivity index (χ0n) is 60.0. The number of fused-ring (bicyclic) bond motifs is 8. The SMILES string of the molecule is CC(=O)N(Cc1ccccc1)Cc1c(O)c2cc(c1O)C(CC(C)C)c1cc(c(O)c(CN(Cc3ccccc3)C(C)=O)c1O)C(CC(C)C)c1cc(c(O)c(CN(Cc3ccccc3)C(C)=O)c1O)C(CC(C)C)c1cc(c(O)c(CN(Cc3ccccc3)C(C)=O)c1O)C2CC(C)C. The Bertz CT molecular complexity index is 3560. The third kappa shape index (κ3) is 17.0. The number of amides is 4. The van der Waals surface area contributed by atoms with Gasteiger partial charge in [-0.15, -0.1) is 0 Å². The van der Waals surface area contributed by atoms with E-state index in [9.17, 15) is 60.0 Å². The van der Waals surface area contributed by atoms with Gasteiger partial charge in [-0.25, -0.2) is 0 Å². The third-order valence-corrected chi connectivity index (χ3v) is 19.6. The van der Waals surface area contributed by atoms with Crippen LogP contribution < -0.4 is 0 Å². The van der Waals surface area contributed by atoms with E-state index in [0.717, 1.165) is 22.3 Å². The van der Waals surface area contributed by atoms with Crippen LogP contribution in [0.1, 0.15) is 221 Å². The van der Waals surface area contributed by atoms with E-state index in [-0.39, 0.29) is 238 Å². The van der Waals surface area contributed by atoms with Crippen molar-refractivity contribution in [1.82, 2.24) is 19.6 Å². The molecule has 0 aliphatic heterocycles. The van der Waals surface area contributed by atoms with Crippen LogP contribution in [0.5, 0.6) is 46.0 Å². The van der Waals surface area contributed by atoms with E-state index in [1.54, 1.807) is 24.3 Å². The lowest BCUT2D eigenvalue weighted by atomic mass is 9.73. The highest BCUT2D eigenvalue weighted by Crippen LogP contribution is 2.57. The maximum atomic E-state index is 14.1. The van der Waals surface area contributed by atoms with Crippen LogP contribution in [0, 0.1) is 23.7 Å². The maximum absolute atomic E-state index is 14.1. The lowest BCUT2D eigenvalue weighted by Gasteiger charge is -2.34. The molecule has 0 unspecified atom stereocenters. The minimum absolute atomic E-state index is 0.0319. The molecule has 0 radical (unpaired) electrons. The Morgan fingerprint density at radius 2 is 0.420 bits per heavy atom. The number of phenols is 8. The van der Waals surface area contributed by atoms with E-state index in [0.29, 0.717) is 0 Å². The zero-order chi connectivity index (χ0) is 72.5. The standard InChI is InChI=1S/C84H100N4O12/c1-49(2)33-61-65-37-67(79(95)73(77(65)93)45-85(53(9)89)41-57-25-17-13-18-26-57)62(34-50(3)4)69-39-71(83(99)75(81(69)97)47-87(55(11)91)43-59-29-21-15-22-30-59)64(36-52(7)8)72-40-70(82(98)76(84(72)100)48-88(56(12)92)44-60-31-23-16-24-32-60)63(35-51(5)6)68-38-66(61)78(94)74(80(68)96)46-86(54(10)90)42-58-27-19-14-20-28-58/h13-32,37-40,49-52,61-64,93-100H,33-36,41-48H2,1-12H3. The summed E-state index contributed by atoms with van der Waals surface area (Å²) in [4.78, 5) is 62.5. The van der Waals surface area contributed by atoms with Gasteiger partial charge in [0.25, 0.3) is 0 Å². The summed E-state index contributed by atoms with van der Waals surface area (Å²) >= 11 is 0. The molecule has 8 aromatic rings. The molecule has 0 fully saturated rings. The quantitative estimate of drug-likeness (QED) is 0.0282. The van der Waals surface area contributed by atoms with E-state index >= 15 is 0 Å². The van der Waals surface area contributed by atoms with E-state index < -0.39 is 23.7 Å². The lowest BCUT2D eigenvalue weighted by molar-refractivity contribution is -0.130. The Morgan fingerprint density at radius 1 is 0.270 bits per heavy atom. The molecule has 100 heavy (non-hydrogen) atoms. The van der Waals surface area contributed by atoms with Gasteiger partial charge in [0.1, 0.15) is 46.0 Å². The Hall–Kier alpha value is -9.96. The van der Waals surface area contributed by atoms with Crippen LogP contribution >= 0.6 is 0 Å². The molecule has 4 amide bonds. The second-order valence-corrected chi connectivity index (χ2v) is 29.1. The normalized spacial score (nSPS) is 15.1. The molecule has 8 aromatic carbocycles. The lowest BCUT2D eigenvalue weighted by Crippen LogP contribution is -2.28. The monoisotopic (exact) mass is 1360 g/mol. The Morgan fingerprint density at radius 3 is 0.550 bits per heavy atom. The van der Waals surface area contributed by atoms with Crippen molar-refractivity contribution in [3.8, 4) is 46.0 Å². The van der Waals surface area contributed by atoms with Crippen molar-refractivity contribution in [2.45, 2.75) is 185 Å². The number of carbonyl (C=O) groups excluding carboxylic acids is 4. The van der Waals surface area contributed by atoms with Crippen LogP contribution in [0.4, 0.5) is 0 Å². The van der Waals surface area contributed by atoms with Gasteiger partial charge in [-0.3, -0.25) is 19.2 Å². The van der Waals surface area contributed by atoms with Crippen molar-refractivity contribution >= 4 is 23.6 Å². The molecule has 1 aliphatic rings. The summed E-state index contributed by atoms with van der Waals surface area (Å²) in [5, 5.41) is 108. The maximum Gasteiger partial charge on any atom is 0.220 e. The molecule has 8 N–H and O–H groups in total. The average molecular weight is 1360 g/mol. The van der Waals surface area contributed by atoms with Crippen LogP contribution in [-0.2, 0) is 71.5 Å². The van der Waals surface area contributed by atoms with Crippen LogP contribution in [0.15, 0.2) is 146 Å². The summed E-state index contributed by atoms with van der Waals surface area (Å²) in [6, 6.07) is 44.0. The first-order chi connectivity index (χ1) is 47.5. The van der Waals surface area contributed by atoms with Crippen molar-refractivity contribution in [2.24, 2.45) is 23.7 Å². The van der Waals surface area contributed by atoms with E-state index in [1.807, 2.05) is 177 Å². The molecule has 0 saturated carbocycles. The third-order valence-electron chi connectivity index (χ3n) is 19.6. The Labute approximate surface area is 589 Å². The molecule has 8 bridgehead atoms. The number of hydrogen-bond donors (Lipinski definition) is 8. The van der Waals surface area contributed by atoms with E-state index in [1.165, 1.54) is 47.3 Å². The number of nitrogens with zero attached hydrogens (tertiary/aromatic N) is 4. The van der Waals surface area contributed by atoms with Gasteiger partial charge in [0.05, 0.1) is 48.4 Å². The minimum Gasteiger partial charge on any atom is -0.507 e. The fourth-order valence-electron chi connectivity index (χ4n) is 14.4. The first-order valence-corrected chi connectivity index (χ1v) is 35.0. The van der Waals surface area contributed by atoms with Crippen molar-refractivity contribution in [3.63, 3.8) is 0 Å². The van der Waals surface area contributed by atoms with Crippen LogP contribution in [0.2, 0.25) is 0 Å². The number of hydrogen-bond acceptors (Lipinski definition) is 12. The minimum atomic E-state index is -1.03. The van der Waals surface area contributed by atoms with Gasteiger partial charge in [-0.2, -0.15) is 0 Å². The fourth-order valence-corrected chi connectivity index (χ4v) is 14.4. The first-order valence-electron chi connectivity index (χ1n) is 35.0. The van der Waals surface area contributed by atoms with Crippen molar-refractivity contribution in [3.05, 3.63) is 235 Å². The van der Waals surface area contributed by atoms with Crippen LogP contribution in [-0.4, -0.2) is 84.1 Å². The van der Waals surface area contributed by atoms with Gasteiger partial charge >= 0.3 is 0 Å². The van der Waals surface area contributed by atoms with Crippen molar-refractivity contribution in [2.75, 3.05) is 0 Å². The highest BCUT2D eigenvalue weighted by Gasteiger charge is 2.40. The summed E-state index contributed by atoms with van der Waals surface area (Å²) in [6.45, 7) is 20.6. The molecule has 528 valence electrons. The van der Waals surface area contributed by atoms with Gasteiger partial charge in [0.2, 0.25) is 23.6 Å². The van der Waals surface area contributed by atoms with Crippen LogP contribution in [0.25, 0.3) is 0 Å². The second-order valence-electron chi connectivity index (χ2n) is 29.1. The largest absolute Gasteiger partial charge is 0.507 e. The highest BCUT2D eigenvalue weighted by atomic mass is 16.3. The number of rotatable bonds is 24. The molecule has 0 heterocycles. The predicted octanol–water partition coefficient (Wildman–Crippen LogP) is 16.6. The number of aromatic hydroxyl groups is 8. The summed E-state index contributed by atoms with van der Waals surface area (Å²) in [7, 11) is 0. The van der Waals surface area contributed by atoms with Gasteiger partial charge in [-0.1, -0.05) is 177 Å². The summed E-state index contributed by atoms with van der Waals surface area (Å²) in [5.74, 6) is -9.51. The average Bonchev–Trinajstić information content (AvgIpc) is 0.738. The summed E-state index contributed by atoms with van der Waals surface area (Å²) in [5.41, 5.74) is 4.70. The molecule has 9 rings (SSSR count). The fraction of sp³-hybridized carbons (Fsp3) is 0.381. The number of benzene rings is 8. The summed E-state index contributed by atoms with van der Waals surface area (Å²) in [6.07, 6.45) is 0.825. The highest BCUT2D eigenvalue weighted by molar-refractivity contribution is 5.77. The van der Waals surface area contributed by atoms with Crippen LogP contribution in [0.3, 0.4) is 0 Å². The smallest absolute Gasteiger partial charge is 0.220 e. The van der Waals surface area contributed by atoms with Gasteiger partial charge in [-0.05, 0) is 95.9 Å². The second kappa shape index (κ2) is 32.4. The Kier molecular flexibility index (Phi) is 24.0. The molecular weight excluding hydrogens is 1260 g/mol. The molecular formula is C84H100N4O12. The first kappa shape index (κ1) is 74.3. The van der Waals surface area contributed by atoms with E-state index in [2.05, 4.69) is 0 Å². The zero-order valence-corrected chi connectivity index (χ0v) is 60.0. The Balaban J connectivity index is 1.50. The molecule has 16 heteroatoms.